The normalized spacial score (nSPS) is 14.0. The number of carbonyl (C=O) groups is 2. The third-order valence-electron chi connectivity index (χ3n) is 5.33. The van der Waals surface area contributed by atoms with Crippen LogP contribution in [0.25, 0.3) is 5.57 Å². The maximum Gasteiger partial charge on any atom is 0.272 e. The predicted octanol–water partition coefficient (Wildman–Crippen LogP) is 6.65. The van der Waals surface area contributed by atoms with Crippen LogP contribution in [0, 0.1) is 27.7 Å². The first-order valence-electron chi connectivity index (χ1n) is 9.97. The first-order chi connectivity index (χ1) is 14.8. The molecule has 0 radical (unpaired) electrons. The number of nitrogens with zero attached hydrogens (tertiary/aromatic N) is 1. The third-order valence-corrected chi connectivity index (χ3v) is 6.67. The third kappa shape index (κ3) is 4.06. The van der Waals surface area contributed by atoms with Crippen LogP contribution in [0.2, 0.25) is 5.02 Å². The molecular weight excluding hydrogens is 426 g/mol. The van der Waals surface area contributed by atoms with Crippen LogP contribution in [0.5, 0.6) is 0 Å². The van der Waals surface area contributed by atoms with Gasteiger partial charge in [-0.25, -0.2) is 4.90 Å². The van der Waals surface area contributed by atoms with E-state index in [0.29, 0.717) is 21.2 Å². The number of hydrogen-bond acceptors (Lipinski definition) is 3. The zero-order valence-corrected chi connectivity index (χ0v) is 19.4. The van der Waals surface area contributed by atoms with E-state index in [4.69, 9.17) is 11.6 Å². The van der Waals surface area contributed by atoms with E-state index in [2.05, 4.69) is 0 Å². The fourth-order valence-corrected chi connectivity index (χ4v) is 4.85. The number of halogens is 1. The van der Waals surface area contributed by atoms with Gasteiger partial charge in [-0.05, 0) is 80.3 Å². The monoisotopic (exact) mass is 447 g/mol. The Balaban J connectivity index is 1.88. The molecule has 3 nitrogen and oxygen atoms in total. The molecule has 0 unspecified atom stereocenters. The molecule has 31 heavy (non-hydrogen) atoms. The summed E-state index contributed by atoms with van der Waals surface area (Å²) < 4.78 is 0. The van der Waals surface area contributed by atoms with E-state index in [-0.39, 0.29) is 11.8 Å². The molecule has 1 heterocycles. The van der Waals surface area contributed by atoms with Crippen LogP contribution in [0.3, 0.4) is 0 Å². The minimum absolute atomic E-state index is 0.290. The van der Waals surface area contributed by atoms with Crippen molar-refractivity contribution in [3.05, 3.63) is 98.4 Å². The Morgan fingerprint density at radius 1 is 0.742 bits per heavy atom. The van der Waals surface area contributed by atoms with Crippen molar-refractivity contribution < 1.29 is 9.59 Å². The van der Waals surface area contributed by atoms with E-state index in [1.54, 1.807) is 12.1 Å². The van der Waals surface area contributed by atoms with Gasteiger partial charge in [-0.1, -0.05) is 59.3 Å². The molecule has 5 heteroatoms. The highest BCUT2D eigenvalue weighted by Gasteiger charge is 2.41. The maximum atomic E-state index is 13.7. The molecule has 0 atom stereocenters. The van der Waals surface area contributed by atoms with Crippen molar-refractivity contribution >= 4 is 46.4 Å². The molecule has 1 aliphatic heterocycles. The molecule has 3 aromatic carbocycles. The molecule has 0 saturated carbocycles. The Hall–Kier alpha value is -2.82. The fourth-order valence-electron chi connectivity index (χ4n) is 3.74. The van der Waals surface area contributed by atoms with Gasteiger partial charge in [0.2, 0.25) is 0 Å². The second kappa shape index (κ2) is 8.37. The van der Waals surface area contributed by atoms with Crippen LogP contribution in [0.4, 0.5) is 5.69 Å². The summed E-state index contributed by atoms with van der Waals surface area (Å²) in [5.41, 5.74) is 5.81. The Morgan fingerprint density at radius 3 is 2.06 bits per heavy atom. The van der Waals surface area contributed by atoms with Crippen LogP contribution in [-0.4, -0.2) is 11.8 Å². The first kappa shape index (κ1) is 21.4. The highest BCUT2D eigenvalue weighted by Crippen LogP contribution is 2.43. The molecule has 0 fully saturated rings. The molecule has 4 rings (SSSR count). The molecule has 0 aliphatic carbocycles. The zero-order valence-electron chi connectivity index (χ0n) is 17.8. The average Bonchev–Trinajstić information content (AvgIpc) is 2.95. The Bertz CT molecular complexity index is 1240. The van der Waals surface area contributed by atoms with E-state index in [1.807, 2.05) is 76.2 Å². The molecule has 0 saturated heterocycles. The number of thioether (sulfide) groups is 1. The van der Waals surface area contributed by atoms with Gasteiger partial charge in [0.15, 0.2) is 0 Å². The van der Waals surface area contributed by atoms with Gasteiger partial charge in [0.05, 0.1) is 16.2 Å². The summed E-state index contributed by atoms with van der Waals surface area (Å²) in [5, 5.41) is 0.624. The van der Waals surface area contributed by atoms with Gasteiger partial charge in [0.25, 0.3) is 11.8 Å². The van der Waals surface area contributed by atoms with Crippen molar-refractivity contribution in [2.24, 2.45) is 0 Å². The largest absolute Gasteiger partial charge is 0.272 e. The highest BCUT2D eigenvalue weighted by atomic mass is 35.5. The minimum Gasteiger partial charge on any atom is -0.268 e. The quantitative estimate of drug-likeness (QED) is 0.420. The van der Waals surface area contributed by atoms with Crippen LogP contribution < -0.4 is 4.90 Å². The topological polar surface area (TPSA) is 37.4 Å². The molecule has 0 bridgehead atoms. The lowest BCUT2D eigenvalue weighted by Crippen LogP contribution is -2.32. The molecule has 1 aliphatic rings. The van der Waals surface area contributed by atoms with Gasteiger partial charge < -0.3 is 0 Å². The fraction of sp³-hybridized carbons (Fsp3) is 0.154. The smallest absolute Gasteiger partial charge is 0.268 e. The van der Waals surface area contributed by atoms with Crippen molar-refractivity contribution in [1.82, 2.24) is 0 Å². The van der Waals surface area contributed by atoms with E-state index in [1.165, 1.54) is 16.7 Å². The summed E-state index contributed by atoms with van der Waals surface area (Å²) in [4.78, 5) is 29.9. The molecule has 3 aromatic rings. The zero-order chi connectivity index (χ0) is 22.3. The molecule has 0 N–H and O–H groups in total. The van der Waals surface area contributed by atoms with Crippen LogP contribution in [-0.2, 0) is 9.59 Å². The van der Waals surface area contributed by atoms with Gasteiger partial charge in [0.1, 0.15) is 0 Å². The molecule has 0 aromatic heterocycles. The number of rotatable bonds is 4. The van der Waals surface area contributed by atoms with Gasteiger partial charge in [0, 0.05) is 9.92 Å². The SMILES string of the molecule is Cc1ccc(C2=C(Sc3ccc(Cl)cc3)C(=O)N(c3cc(C)ccc3C)C2=O)c(C)c1. The standard InChI is InChI=1S/C26H22ClNO2S/c1-15-6-12-21(18(4)13-15)23-24(31-20-10-8-19(27)9-11-20)26(30)28(25(23)29)22-14-16(2)5-7-17(22)3/h5-14H,1-4H3. The molecule has 156 valence electrons. The predicted molar refractivity (Wildman–Crippen MR) is 129 cm³/mol. The summed E-state index contributed by atoms with van der Waals surface area (Å²) >= 11 is 7.33. The number of anilines is 1. The highest BCUT2D eigenvalue weighted by molar-refractivity contribution is 8.04. The summed E-state index contributed by atoms with van der Waals surface area (Å²) in [6, 6.07) is 19.0. The van der Waals surface area contributed by atoms with Crippen LogP contribution in [0.1, 0.15) is 27.8 Å². The van der Waals surface area contributed by atoms with Crippen molar-refractivity contribution in [2.45, 2.75) is 32.6 Å². The molecule has 0 spiro atoms. The first-order valence-corrected chi connectivity index (χ1v) is 11.2. The Morgan fingerprint density at radius 2 is 1.39 bits per heavy atom. The number of hydrogen-bond donors (Lipinski definition) is 0. The van der Waals surface area contributed by atoms with Crippen LogP contribution >= 0.6 is 23.4 Å². The lowest BCUT2D eigenvalue weighted by molar-refractivity contribution is -0.119. The van der Waals surface area contributed by atoms with Gasteiger partial charge in [-0.3, -0.25) is 9.59 Å². The van der Waals surface area contributed by atoms with Crippen molar-refractivity contribution in [1.29, 1.82) is 0 Å². The molecular formula is C26H22ClNO2S. The summed E-state index contributed by atoms with van der Waals surface area (Å²) in [6.45, 7) is 7.85. The number of amides is 2. The molecule has 2 amide bonds. The van der Waals surface area contributed by atoms with Gasteiger partial charge >= 0.3 is 0 Å². The van der Waals surface area contributed by atoms with Gasteiger partial charge in [-0.2, -0.15) is 0 Å². The van der Waals surface area contributed by atoms with Crippen molar-refractivity contribution in [2.75, 3.05) is 4.90 Å². The summed E-state index contributed by atoms with van der Waals surface area (Å²) in [6.07, 6.45) is 0. The van der Waals surface area contributed by atoms with Gasteiger partial charge in [-0.15, -0.1) is 0 Å². The van der Waals surface area contributed by atoms with Crippen molar-refractivity contribution in [3.63, 3.8) is 0 Å². The Labute approximate surface area is 191 Å². The second-order valence-electron chi connectivity index (χ2n) is 7.81. The van der Waals surface area contributed by atoms with Crippen molar-refractivity contribution in [3.8, 4) is 0 Å². The lowest BCUT2D eigenvalue weighted by atomic mass is 9.98. The number of imide groups is 1. The number of carbonyl (C=O) groups excluding carboxylic acids is 2. The van der Waals surface area contributed by atoms with E-state index < -0.39 is 0 Å². The van der Waals surface area contributed by atoms with E-state index in [9.17, 15) is 9.59 Å². The number of aryl methyl sites for hydroxylation is 4. The maximum absolute atomic E-state index is 13.7. The lowest BCUT2D eigenvalue weighted by Gasteiger charge is -2.18. The summed E-state index contributed by atoms with van der Waals surface area (Å²) in [5.74, 6) is -0.587. The minimum atomic E-state index is -0.298. The van der Waals surface area contributed by atoms with E-state index >= 15 is 0 Å². The van der Waals surface area contributed by atoms with Crippen LogP contribution in [0.15, 0.2) is 70.5 Å². The number of benzene rings is 3. The summed E-state index contributed by atoms with van der Waals surface area (Å²) in [7, 11) is 0. The Kier molecular flexibility index (Phi) is 5.78. The average molecular weight is 448 g/mol. The second-order valence-corrected chi connectivity index (χ2v) is 9.33. The van der Waals surface area contributed by atoms with E-state index in [0.717, 1.165) is 32.7 Å².